The molecule has 0 amide bonds. The molecule has 4 aromatic rings. The third-order valence-electron chi connectivity index (χ3n) is 7.39. The van der Waals surface area contributed by atoms with E-state index in [4.69, 9.17) is 18.9 Å². The zero-order valence-electron chi connectivity index (χ0n) is 22.9. The maximum Gasteiger partial charge on any atom is 0.330 e. The lowest BCUT2D eigenvalue weighted by atomic mass is 9.80. The highest BCUT2D eigenvalue weighted by atomic mass is 16.6. The Hall–Kier alpha value is -4.22. The Balaban J connectivity index is 1.56. The summed E-state index contributed by atoms with van der Waals surface area (Å²) in [6, 6.07) is 24.6. The van der Waals surface area contributed by atoms with E-state index in [9.17, 15) is 19.8 Å². The predicted octanol–water partition coefficient (Wildman–Crippen LogP) is 2.49. The second-order valence-corrected chi connectivity index (χ2v) is 9.84. The molecule has 1 unspecified atom stereocenters. The van der Waals surface area contributed by atoms with Crippen molar-refractivity contribution < 1.29 is 29.2 Å². The van der Waals surface area contributed by atoms with Crippen LogP contribution in [0.1, 0.15) is 28.5 Å². The maximum atomic E-state index is 12.5. The molecule has 2 heterocycles. The molecule has 5 rings (SSSR count). The number of hydrogen-bond acceptors (Lipinski definition) is 8. The van der Waals surface area contributed by atoms with E-state index in [-0.39, 0.29) is 12.2 Å². The molecule has 10 nitrogen and oxygen atoms in total. The molecule has 1 aliphatic heterocycles. The smallest absolute Gasteiger partial charge is 0.330 e. The van der Waals surface area contributed by atoms with Gasteiger partial charge in [-0.15, -0.1) is 0 Å². The predicted molar refractivity (Wildman–Crippen MR) is 150 cm³/mol. The Labute approximate surface area is 236 Å². The monoisotopic (exact) mass is 560 g/mol. The van der Waals surface area contributed by atoms with Gasteiger partial charge >= 0.3 is 5.69 Å². The molecule has 214 valence electrons. The number of benzene rings is 3. The Bertz CT molecular complexity index is 1530. The second-order valence-electron chi connectivity index (χ2n) is 9.84. The maximum absolute atomic E-state index is 12.5. The highest BCUT2D eigenvalue weighted by Gasteiger charge is 2.46. The van der Waals surface area contributed by atoms with E-state index < -0.39 is 41.4 Å². The van der Waals surface area contributed by atoms with Gasteiger partial charge in [-0.1, -0.05) is 54.6 Å². The first-order valence-electron chi connectivity index (χ1n) is 13.1. The normalized spacial score (nSPS) is 20.6. The Morgan fingerprint density at radius 3 is 1.90 bits per heavy atom. The zero-order chi connectivity index (χ0) is 29.1. The summed E-state index contributed by atoms with van der Waals surface area (Å²) in [7, 11) is 3.18. The van der Waals surface area contributed by atoms with Crippen LogP contribution in [-0.2, 0) is 15.1 Å². The van der Waals surface area contributed by atoms with E-state index in [2.05, 4.69) is 4.98 Å². The van der Waals surface area contributed by atoms with Gasteiger partial charge in [0.25, 0.3) is 5.56 Å². The molecule has 3 N–H and O–H groups in total. The first-order valence-corrected chi connectivity index (χ1v) is 13.1. The first-order chi connectivity index (χ1) is 19.8. The van der Waals surface area contributed by atoms with Gasteiger partial charge in [-0.25, -0.2) is 4.79 Å². The molecule has 1 fully saturated rings. The van der Waals surface area contributed by atoms with Gasteiger partial charge in [-0.2, -0.15) is 0 Å². The third kappa shape index (κ3) is 5.30. The summed E-state index contributed by atoms with van der Waals surface area (Å²) in [4.78, 5) is 26.6. The van der Waals surface area contributed by atoms with Crippen molar-refractivity contribution >= 4 is 0 Å². The van der Waals surface area contributed by atoms with Crippen LogP contribution in [0.15, 0.2) is 94.6 Å². The van der Waals surface area contributed by atoms with Gasteiger partial charge in [0.15, 0.2) is 6.23 Å². The minimum Gasteiger partial charge on any atom is -0.497 e. The van der Waals surface area contributed by atoms with Crippen LogP contribution < -0.4 is 20.7 Å². The van der Waals surface area contributed by atoms with Crippen molar-refractivity contribution in [2.24, 2.45) is 0 Å². The molecule has 0 saturated carbocycles. The summed E-state index contributed by atoms with van der Waals surface area (Å²) < 4.78 is 24.6. The number of aryl methyl sites for hydroxylation is 1. The summed E-state index contributed by atoms with van der Waals surface area (Å²) in [5.74, 6) is 1.35. The standard InChI is InChI=1S/C31H32N2O8/c1-19-17-33(30(37)32-28(19)36)29-27(35)26(34)25(41-29)18-40-31(20-7-5-4-6-8-20,21-9-13-23(38-2)14-10-21)22-11-15-24(39-3)16-12-22/h4-17,25-27,29,34-35H,18H2,1-3H3,(H,32,36,37)/t25-,26?,27+,29-/m1/s1. The summed E-state index contributed by atoms with van der Waals surface area (Å²) >= 11 is 0. The van der Waals surface area contributed by atoms with E-state index in [0.29, 0.717) is 11.5 Å². The van der Waals surface area contributed by atoms with Crippen LogP contribution in [0.3, 0.4) is 0 Å². The molecule has 10 heteroatoms. The van der Waals surface area contributed by atoms with Gasteiger partial charge in [0.05, 0.1) is 20.8 Å². The minimum atomic E-state index is -1.44. The summed E-state index contributed by atoms with van der Waals surface area (Å²) in [5, 5.41) is 21.8. The zero-order valence-corrected chi connectivity index (χ0v) is 22.9. The van der Waals surface area contributed by atoms with Crippen LogP contribution in [-0.4, -0.2) is 58.9 Å². The van der Waals surface area contributed by atoms with Crippen molar-refractivity contribution in [2.75, 3.05) is 20.8 Å². The van der Waals surface area contributed by atoms with Crippen LogP contribution in [0.5, 0.6) is 11.5 Å². The molecular weight excluding hydrogens is 528 g/mol. The second kappa shape index (κ2) is 11.7. The molecule has 1 saturated heterocycles. The fourth-order valence-electron chi connectivity index (χ4n) is 5.15. The molecule has 1 aromatic heterocycles. The topological polar surface area (TPSA) is 132 Å². The van der Waals surface area contributed by atoms with Crippen LogP contribution in [0, 0.1) is 6.92 Å². The lowest BCUT2D eigenvalue weighted by Crippen LogP contribution is -2.40. The van der Waals surface area contributed by atoms with E-state index in [0.717, 1.165) is 21.3 Å². The average Bonchev–Trinajstić information content (AvgIpc) is 3.29. The summed E-state index contributed by atoms with van der Waals surface area (Å²) in [6.45, 7) is 1.38. The van der Waals surface area contributed by atoms with Crippen molar-refractivity contribution in [1.82, 2.24) is 9.55 Å². The summed E-state index contributed by atoms with van der Waals surface area (Å²) in [5.41, 5.74) is 0.180. The SMILES string of the molecule is COc1ccc(C(OC[C@H]2O[C@@H](n3cc(C)c(=O)[nH]c3=O)[C@@H](O)C2O)(c2ccccc2)c2ccc(OC)cc2)cc1. The van der Waals surface area contributed by atoms with Crippen LogP contribution in [0.4, 0.5) is 0 Å². The third-order valence-corrected chi connectivity index (χ3v) is 7.39. The van der Waals surface area contributed by atoms with E-state index in [1.807, 2.05) is 78.9 Å². The molecule has 0 aliphatic carbocycles. The molecule has 4 atom stereocenters. The number of aromatic amines is 1. The number of nitrogens with one attached hydrogen (secondary N) is 1. The number of rotatable bonds is 9. The number of aromatic nitrogens is 2. The van der Waals surface area contributed by atoms with Crippen molar-refractivity contribution in [2.45, 2.75) is 37.1 Å². The van der Waals surface area contributed by atoms with E-state index in [1.54, 1.807) is 14.2 Å². The number of ether oxygens (including phenoxy) is 4. The number of hydrogen-bond donors (Lipinski definition) is 3. The molecular formula is C31H32N2O8. The van der Waals surface area contributed by atoms with Crippen molar-refractivity contribution in [3.8, 4) is 11.5 Å². The van der Waals surface area contributed by atoms with Crippen LogP contribution >= 0.6 is 0 Å². The lowest BCUT2D eigenvalue weighted by molar-refractivity contribution is -0.0959. The quantitative estimate of drug-likeness (QED) is 0.266. The highest BCUT2D eigenvalue weighted by molar-refractivity contribution is 5.49. The van der Waals surface area contributed by atoms with Crippen molar-refractivity contribution in [1.29, 1.82) is 0 Å². The van der Waals surface area contributed by atoms with Crippen LogP contribution in [0.2, 0.25) is 0 Å². The number of aliphatic hydroxyl groups is 2. The largest absolute Gasteiger partial charge is 0.497 e. The van der Waals surface area contributed by atoms with E-state index in [1.165, 1.54) is 13.1 Å². The highest BCUT2D eigenvalue weighted by Crippen LogP contribution is 2.42. The van der Waals surface area contributed by atoms with Gasteiger partial charge in [-0.3, -0.25) is 14.3 Å². The molecule has 0 bridgehead atoms. The fourth-order valence-corrected chi connectivity index (χ4v) is 5.15. The fraction of sp³-hybridized carbons (Fsp3) is 0.290. The lowest BCUT2D eigenvalue weighted by Gasteiger charge is -2.37. The Kier molecular flexibility index (Phi) is 8.09. The van der Waals surface area contributed by atoms with Gasteiger partial charge in [-0.05, 0) is 47.9 Å². The number of methoxy groups -OCH3 is 2. The van der Waals surface area contributed by atoms with Gasteiger partial charge < -0.3 is 29.2 Å². The minimum absolute atomic E-state index is 0.154. The Morgan fingerprint density at radius 1 is 0.829 bits per heavy atom. The molecule has 3 aromatic carbocycles. The first kappa shape index (κ1) is 28.3. The number of H-pyrrole nitrogens is 1. The van der Waals surface area contributed by atoms with Crippen molar-refractivity contribution in [3.05, 3.63) is 128 Å². The van der Waals surface area contributed by atoms with Crippen molar-refractivity contribution in [3.63, 3.8) is 0 Å². The Morgan fingerprint density at radius 2 is 1.37 bits per heavy atom. The molecule has 41 heavy (non-hydrogen) atoms. The van der Waals surface area contributed by atoms with Gasteiger partial charge in [0.2, 0.25) is 0 Å². The molecule has 0 radical (unpaired) electrons. The number of nitrogens with zero attached hydrogens (tertiary/aromatic N) is 1. The number of aliphatic hydroxyl groups excluding tert-OH is 2. The molecule has 0 spiro atoms. The average molecular weight is 561 g/mol. The van der Waals surface area contributed by atoms with Gasteiger partial charge in [0, 0.05) is 11.8 Å². The summed E-state index contributed by atoms with van der Waals surface area (Å²) in [6.07, 6.45) is -3.75. The molecule has 1 aliphatic rings. The van der Waals surface area contributed by atoms with E-state index >= 15 is 0 Å². The van der Waals surface area contributed by atoms with Crippen LogP contribution in [0.25, 0.3) is 0 Å². The van der Waals surface area contributed by atoms with Gasteiger partial charge in [0.1, 0.15) is 35.4 Å².